The van der Waals surface area contributed by atoms with E-state index in [9.17, 15) is 4.79 Å². The maximum Gasteiger partial charge on any atom is 0.488 e. The first-order valence-electron chi connectivity index (χ1n) is 5.88. The number of benzene rings is 1. The van der Waals surface area contributed by atoms with Crippen molar-refractivity contribution in [3.63, 3.8) is 0 Å². The lowest BCUT2D eigenvalue weighted by Gasteiger charge is -2.10. The van der Waals surface area contributed by atoms with Gasteiger partial charge < -0.3 is 20.1 Å². The van der Waals surface area contributed by atoms with Crippen molar-refractivity contribution >= 4 is 24.3 Å². The van der Waals surface area contributed by atoms with Gasteiger partial charge in [-0.15, -0.1) is 0 Å². The van der Waals surface area contributed by atoms with Crippen LogP contribution in [0.5, 0.6) is 5.75 Å². The maximum absolute atomic E-state index is 12.1. The molecule has 0 saturated heterocycles. The first-order valence-corrected chi connectivity index (χ1v) is 5.88. The van der Waals surface area contributed by atoms with Crippen molar-refractivity contribution in [2.45, 2.75) is 0 Å². The standard InChI is InChI=1S/C13H13BN2O4/c1-20-11-8-9(14(18)19)5-6-10(11)13(17)16-12-4-2-3-7-15-12/h2-8,18-19H,1H3,(H,15,16,17). The number of rotatable bonds is 4. The molecule has 102 valence electrons. The first-order chi connectivity index (χ1) is 9.61. The Bertz CT molecular complexity index is 605. The van der Waals surface area contributed by atoms with Gasteiger partial charge in [0, 0.05) is 6.20 Å². The highest BCUT2D eigenvalue weighted by Gasteiger charge is 2.17. The van der Waals surface area contributed by atoms with Crippen LogP contribution in [0.3, 0.4) is 0 Å². The van der Waals surface area contributed by atoms with E-state index in [0.717, 1.165) is 0 Å². The van der Waals surface area contributed by atoms with Crippen molar-refractivity contribution in [2.75, 3.05) is 12.4 Å². The highest BCUT2D eigenvalue weighted by Crippen LogP contribution is 2.17. The number of hydrogen-bond donors (Lipinski definition) is 3. The third kappa shape index (κ3) is 3.14. The lowest BCUT2D eigenvalue weighted by atomic mass is 9.80. The fraction of sp³-hybridized carbons (Fsp3) is 0.0769. The molecular weight excluding hydrogens is 259 g/mol. The zero-order valence-electron chi connectivity index (χ0n) is 10.8. The van der Waals surface area contributed by atoms with Gasteiger partial charge in [-0.1, -0.05) is 12.1 Å². The molecule has 6 nitrogen and oxygen atoms in total. The van der Waals surface area contributed by atoms with Crippen LogP contribution in [-0.2, 0) is 0 Å². The molecule has 0 aliphatic rings. The summed E-state index contributed by atoms with van der Waals surface area (Å²) in [5.41, 5.74) is 0.527. The summed E-state index contributed by atoms with van der Waals surface area (Å²) >= 11 is 0. The number of carbonyl (C=O) groups excluding carboxylic acids is 1. The number of nitrogens with one attached hydrogen (secondary N) is 1. The molecule has 2 aromatic rings. The van der Waals surface area contributed by atoms with Crippen LogP contribution in [-0.4, -0.2) is 35.2 Å². The number of methoxy groups -OCH3 is 1. The zero-order chi connectivity index (χ0) is 14.5. The molecule has 0 aliphatic heterocycles. The number of carbonyl (C=O) groups is 1. The Kier molecular flexibility index (Phi) is 4.34. The van der Waals surface area contributed by atoms with Gasteiger partial charge in [-0.05, 0) is 29.7 Å². The maximum atomic E-state index is 12.1. The Balaban J connectivity index is 2.25. The molecule has 0 unspecified atom stereocenters. The third-order valence-electron chi connectivity index (χ3n) is 2.67. The van der Waals surface area contributed by atoms with E-state index < -0.39 is 7.12 Å². The van der Waals surface area contributed by atoms with Crippen LogP contribution in [0.15, 0.2) is 42.6 Å². The lowest BCUT2D eigenvalue weighted by molar-refractivity contribution is 0.102. The molecule has 1 aromatic heterocycles. The molecule has 0 atom stereocenters. The molecule has 3 N–H and O–H groups in total. The van der Waals surface area contributed by atoms with E-state index in [0.29, 0.717) is 5.82 Å². The molecule has 1 amide bonds. The number of pyridine rings is 1. The highest BCUT2D eigenvalue weighted by atomic mass is 16.5. The van der Waals surface area contributed by atoms with Crippen molar-refractivity contribution in [3.8, 4) is 5.75 Å². The van der Waals surface area contributed by atoms with E-state index >= 15 is 0 Å². The average molecular weight is 272 g/mol. The van der Waals surface area contributed by atoms with Gasteiger partial charge in [-0.2, -0.15) is 0 Å². The van der Waals surface area contributed by atoms with Crippen LogP contribution < -0.4 is 15.5 Å². The Hall–Kier alpha value is -2.38. The Morgan fingerprint density at radius 2 is 2.10 bits per heavy atom. The molecule has 0 radical (unpaired) electrons. The second-order valence-corrected chi connectivity index (χ2v) is 4.00. The van der Waals surface area contributed by atoms with Gasteiger partial charge >= 0.3 is 7.12 Å². The van der Waals surface area contributed by atoms with Crippen LogP contribution in [0, 0.1) is 0 Å². The van der Waals surface area contributed by atoms with Crippen molar-refractivity contribution in [3.05, 3.63) is 48.2 Å². The van der Waals surface area contributed by atoms with Crippen LogP contribution in [0.2, 0.25) is 0 Å². The van der Waals surface area contributed by atoms with E-state index in [1.54, 1.807) is 24.4 Å². The molecule has 0 fully saturated rings. The molecule has 0 bridgehead atoms. The van der Waals surface area contributed by atoms with E-state index in [1.807, 2.05) is 0 Å². The predicted octanol–water partition coefficient (Wildman–Crippen LogP) is 0.0223. The van der Waals surface area contributed by atoms with E-state index in [1.165, 1.54) is 25.3 Å². The van der Waals surface area contributed by atoms with E-state index in [-0.39, 0.29) is 22.7 Å². The minimum Gasteiger partial charge on any atom is -0.496 e. The fourth-order valence-electron chi connectivity index (χ4n) is 1.68. The summed E-state index contributed by atoms with van der Waals surface area (Å²) < 4.78 is 5.09. The molecule has 1 heterocycles. The van der Waals surface area contributed by atoms with Gasteiger partial charge in [0.1, 0.15) is 11.6 Å². The third-order valence-corrected chi connectivity index (χ3v) is 2.67. The Morgan fingerprint density at radius 1 is 1.30 bits per heavy atom. The van der Waals surface area contributed by atoms with Crippen LogP contribution in [0.25, 0.3) is 0 Å². The summed E-state index contributed by atoms with van der Waals surface area (Å²) in [7, 11) is -0.211. The van der Waals surface area contributed by atoms with Gasteiger partial charge in [-0.25, -0.2) is 4.98 Å². The zero-order valence-corrected chi connectivity index (χ0v) is 10.8. The van der Waals surface area contributed by atoms with E-state index in [2.05, 4.69) is 10.3 Å². The van der Waals surface area contributed by atoms with Crippen molar-refractivity contribution in [1.29, 1.82) is 0 Å². The SMILES string of the molecule is COc1cc(B(O)O)ccc1C(=O)Nc1ccccn1. The fourth-order valence-corrected chi connectivity index (χ4v) is 1.68. The van der Waals surface area contributed by atoms with Crippen molar-refractivity contribution in [2.24, 2.45) is 0 Å². The van der Waals surface area contributed by atoms with Gasteiger partial charge in [0.05, 0.1) is 12.7 Å². The summed E-state index contributed by atoms with van der Waals surface area (Å²) in [6.45, 7) is 0. The molecule has 7 heteroatoms. The minimum atomic E-state index is -1.61. The normalized spacial score (nSPS) is 9.95. The number of hydrogen-bond acceptors (Lipinski definition) is 5. The topological polar surface area (TPSA) is 91.7 Å². The van der Waals surface area contributed by atoms with Gasteiger partial charge in [0.15, 0.2) is 0 Å². The van der Waals surface area contributed by atoms with Crippen molar-refractivity contribution < 1.29 is 19.6 Å². The number of amides is 1. The highest BCUT2D eigenvalue weighted by molar-refractivity contribution is 6.58. The Labute approximate surface area is 116 Å². The molecule has 0 saturated carbocycles. The lowest BCUT2D eigenvalue weighted by Crippen LogP contribution is -2.30. The molecule has 1 aromatic carbocycles. The van der Waals surface area contributed by atoms with Gasteiger partial charge in [0.2, 0.25) is 0 Å². The van der Waals surface area contributed by atoms with E-state index in [4.69, 9.17) is 14.8 Å². The van der Waals surface area contributed by atoms with Crippen molar-refractivity contribution in [1.82, 2.24) is 4.98 Å². The largest absolute Gasteiger partial charge is 0.496 e. The molecular formula is C13H13BN2O4. The number of nitrogens with zero attached hydrogens (tertiary/aromatic N) is 1. The Morgan fingerprint density at radius 3 is 2.70 bits per heavy atom. The van der Waals surface area contributed by atoms with Crippen LogP contribution >= 0.6 is 0 Å². The number of anilines is 1. The quantitative estimate of drug-likeness (QED) is 0.682. The summed E-state index contributed by atoms with van der Waals surface area (Å²) in [6, 6.07) is 9.47. The smallest absolute Gasteiger partial charge is 0.488 e. The van der Waals surface area contributed by atoms with Gasteiger partial charge in [-0.3, -0.25) is 4.79 Å². The summed E-state index contributed by atoms with van der Waals surface area (Å²) in [5, 5.41) is 20.8. The van der Waals surface area contributed by atoms with Gasteiger partial charge in [0.25, 0.3) is 5.91 Å². The summed E-state index contributed by atoms with van der Waals surface area (Å²) in [4.78, 5) is 16.1. The predicted molar refractivity (Wildman–Crippen MR) is 75.0 cm³/mol. The monoisotopic (exact) mass is 272 g/mol. The molecule has 0 spiro atoms. The summed E-state index contributed by atoms with van der Waals surface area (Å²) in [6.07, 6.45) is 1.57. The average Bonchev–Trinajstić information content (AvgIpc) is 2.47. The number of aromatic nitrogens is 1. The second kappa shape index (κ2) is 6.18. The first kappa shape index (κ1) is 14.0. The molecule has 2 rings (SSSR count). The minimum absolute atomic E-state index is 0.247. The second-order valence-electron chi connectivity index (χ2n) is 4.00. The molecule has 0 aliphatic carbocycles. The van der Waals surface area contributed by atoms with Crippen LogP contribution in [0.1, 0.15) is 10.4 Å². The number of ether oxygens (including phenoxy) is 1. The molecule has 20 heavy (non-hydrogen) atoms. The van der Waals surface area contributed by atoms with Crippen LogP contribution in [0.4, 0.5) is 5.82 Å². The summed E-state index contributed by atoms with van der Waals surface area (Å²) in [5.74, 6) is 0.286.